The minimum absolute atomic E-state index is 0.0249. The van der Waals surface area contributed by atoms with Crippen LogP contribution in [0.25, 0.3) is 10.8 Å². The zero-order valence-corrected chi connectivity index (χ0v) is 19.8. The van der Waals surface area contributed by atoms with Crippen molar-refractivity contribution in [3.63, 3.8) is 0 Å². The van der Waals surface area contributed by atoms with E-state index in [2.05, 4.69) is 81.6 Å². The van der Waals surface area contributed by atoms with Crippen molar-refractivity contribution in [2.75, 3.05) is 30.4 Å². The Morgan fingerprint density at radius 1 is 0.853 bits per heavy atom. The van der Waals surface area contributed by atoms with E-state index in [4.69, 9.17) is 17.0 Å². The molecule has 0 aliphatic carbocycles. The molecule has 5 nitrogen and oxygen atoms in total. The summed E-state index contributed by atoms with van der Waals surface area (Å²) in [6, 6.07) is 29.2. The average Bonchev–Trinajstić information content (AvgIpc) is 2.90. The number of nitrogens with zero attached hydrogens (tertiary/aromatic N) is 1. The summed E-state index contributed by atoms with van der Waals surface area (Å²) in [7, 11) is 0. The van der Waals surface area contributed by atoms with Crippen LogP contribution >= 0.6 is 12.2 Å². The fourth-order valence-electron chi connectivity index (χ4n) is 4.50. The molecule has 4 aromatic rings. The van der Waals surface area contributed by atoms with Crippen LogP contribution in [0.1, 0.15) is 18.4 Å². The number of fused-ring (bicyclic) bond motifs is 1. The van der Waals surface area contributed by atoms with Crippen molar-refractivity contribution in [3.8, 4) is 0 Å². The predicted octanol–water partition coefficient (Wildman–Crippen LogP) is 6.01. The maximum atomic E-state index is 5.63. The second-order valence-electron chi connectivity index (χ2n) is 8.69. The predicted molar refractivity (Wildman–Crippen MR) is 144 cm³/mol. The highest BCUT2D eigenvalue weighted by Gasteiger charge is 2.34. The van der Waals surface area contributed by atoms with Crippen molar-refractivity contribution in [3.05, 3.63) is 96.7 Å². The van der Waals surface area contributed by atoms with Crippen molar-refractivity contribution in [1.82, 2.24) is 10.3 Å². The van der Waals surface area contributed by atoms with Crippen LogP contribution in [0.3, 0.4) is 0 Å². The van der Waals surface area contributed by atoms with Crippen LogP contribution in [0, 0.1) is 0 Å². The number of aromatic nitrogens is 1. The van der Waals surface area contributed by atoms with E-state index in [1.54, 1.807) is 6.20 Å². The van der Waals surface area contributed by atoms with E-state index < -0.39 is 0 Å². The molecule has 0 amide bonds. The highest BCUT2D eigenvalue weighted by atomic mass is 32.1. The van der Waals surface area contributed by atoms with E-state index in [9.17, 15) is 0 Å². The van der Waals surface area contributed by atoms with Crippen LogP contribution in [-0.2, 0) is 10.2 Å². The molecular formula is C28H28N4OS. The summed E-state index contributed by atoms with van der Waals surface area (Å²) in [6.45, 7) is 2.31. The first kappa shape index (κ1) is 22.3. The Morgan fingerprint density at radius 3 is 2.35 bits per heavy atom. The zero-order valence-electron chi connectivity index (χ0n) is 19.0. The number of benzene rings is 3. The quantitative estimate of drug-likeness (QED) is 0.301. The first-order valence-corrected chi connectivity index (χ1v) is 12.0. The summed E-state index contributed by atoms with van der Waals surface area (Å²) in [5, 5.41) is 13.1. The largest absolute Gasteiger partial charge is 0.381 e. The number of thiocarbonyl (C=S) groups is 1. The van der Waals surface area contributed by atoms with Crippen molar-refractivity contribution < 1.29 is 4.74 Å². The third-order valence-corrected chi connectivity index (χ3v) is 6.71. The fraction of sp³-hybridized carbons (Fsp3) is 0.214. The SMILES string of the molecule is S=C(NCC1(c2ccccc2)CCOCC1)Nc1ccc(Nc2ccc3ccccc3c2)nc1. The van der Waals surface area contributed by atoms with Gasteiger partial charge >= 0.3 is 0 Å². The summed E-state index contributed by atoms with van der Waals surface area (Å²) >= 11 is 5.59. The lowest BCUT2D eigenvalue weighted by atomic mass is 9.74. The summed E-state index contributed by atoms with van der Waals surface area (Å²) in [5.41, 5.74) is 3.21. The molecule has 0 atom stereocenters. The number of hydrogen-bond donors (Lipinski definition) is 3. The molecule has 1 aliphatic heterocycles. The van der Waals surface area contributed by atoms with Crippen molar-refractivity contribution in [2.24, 2.45) is 0 Å². The number of rotatable bonds is 6. The van der Waals surface area contributed by atoms with E-state index in [0.29, 0.717) is 5.11 Å². The van der Waals surface area contributed by atoms with Crippen LogP contribution in [0.15, 0.2) is 91.1 Å². The van der Waals surface area contributed by atoms with Gasteiger partial charge < -0.3 is 20.7 Å². The molecule has 0 saturated carbocycles. The summed E-state index contributed by atoms with van der Waals surface area (Å²) in [4.78, 5) is 4.54. The molecule has 0 unspecified atom stereocenters. The third-order valence-electron chi connectivity index (χ3n) is 6.47. The van der Waals surface area contributed by atoms with Crippen LogP contribution < -0.4 is 16.0 Å². The van der Waals surface area contributed by atoms with Gasteiger partial charge in [-0.2, -0.15) is 0 Å². The molecular weight excluding hydrogens is 440 g/mol. The summed E-state index contributed by atoms with van der Waals surface area (Å²) in [5.74, 6) is 0.782. The van der Waals surface area contributed by atoms with E-state index in [1.807, 2.05) is 24.3 Å². The number of ether oxygens (including phenoxy) is 1. The summed E-state index contributed by atoms with van der Waals surface area (Å²) in [6.07, 6.45) is 3.74. The van der Waals surface area contributed by atoms with Crippen molar-refractivity contribution >= 4 is 45.3 Å². The van der Waals surface area contributed by atoms with E-state index in [0.717, 1.165) is 49.8 Å². The lowest BCUT2D eigenvalue weighted by molar-refractivity contribution is 0.0515. The Bertz CT molecular complexity index is 1250. The maximum absolute atomic E-state index is 5.63. The highest BCUT2D eigenvalue weighted by Crippen LogP contribution is 2.34. The smallest absolute Gasteiger partial charge is 0.170 e. The average molecular weight is 469 g/mol. The van der Waals surface area contributed by atoms with Gasteiger partial charge in [-0.3, -0.25) is 0 Å². The molecule has 34 heavy (non-hydrogen) atoms. The Kier molecular flexibility index (Phi) is 6.70. The number of anilines is 3. The first-order valence-electron chi connectivity index (χ1n) is 11.6. The van der Waals surface area contributed by atoms with Crippen molar-refractivity contribution in [2.45, 2.75) is 18.3 Å². The molecule has 1 aliphatic rings. The first-order chi connectivity index (χ1) is 16.7. The lowest BCUT2D eigenvalue weighted by Crippen LogP contribution is -2.45. The second-order valence-corrected chi connectivity index (χ2v) is 9.09. The van der Waals surface area contributed by atoms with E-state index >= 15 is 0 Å². The Hall–Kier alpha value is -3.48. The van der Waals surface area contributed by atoms with Gasteiger partial charge in [-0.05, 0) is 65.7 Å². The van der Waals surface area contributed by atoms with Crippen LogP contribution in [0.4, 0.5) is 17.2 Å². The van der Waals surface area contributed by atoms with Crippen LogP contribution in [0.2, 0.25) is 0 Å². The lowest BCUT2D eigenvalue weighted by Gasteiger charge is -2.38. The molecule has 3 N–H and O–H groups in total. The van der Waals surface area contributed by atoms with Gasteiger partial charge in [-0.1, -0.05) is 60.7 Å². The molecule has 0 radical (unpaired) electrons. The standard InChI is InChI=1S/C28H28N4OS/c34-27(30-20-28(14-16-33-17-15-28)23-8-2-1-3-9-23)32-25-12-13-26(29-19-25)31-24-11-10-21-6-4-5-7-22(21)18-24/h1-13,18-19H,14-17,20H2,(H,29,31)(H2,30,32,34). The van der Waals surface area contributed by atoms with Crippen molar-refractivity contribution in [1.29, 1.82) is 0 Å². The monoisotopic (exact) mass is 468 g/mol. The van der Waals surface area contributed by atoms with Gasteiger partial charge in [0.25, 0.3) is 0 Å². The van der Waals surface area contributed by atoms with Gasteiger partial charge in [-0.15, -0.1) is 0 Å². The van der Waals surface area contributed by atoms with Gasteiger partial charge in [-0.25, -0.2) is 4.98 Å². The van der Waals surface area contributed by atoms with E-state index in [1.165, 1.54) is 16.3 Å². The molecule has 172 valence electrons. The molecule has 6 heteroatoms. The molecule has 1 fully saturated rings. The van der Waals surface area contributed by atoms with Gasteiger partial charge in [0.2, 0.25) is 0 Å². The van der Waals surface area contributed by atoms with Gasteiger partial charge in [0.05, 0.1) is 11.9 Å². The topological polar surface area (TPSA) is 58.2 Å². The Labute approximate surface area is 205 Å². The zero-order chi connectivity index (χ0) is 23.2. The normalized spacial score (nSPS) is 14.9. The highest BCUT2D eigenvalue weighted by molar-refractivity contribution is 7.80. The van der Waals surface area contributed by atoms with Gasteiger partial charge in [0, 0.05) is 30.9 Å². The number of pyridine rings is 1. The van der Waals surface area contributed by atoms with Crippen LogP contribution in [0.5, 0.6) is 0 Å². The second kappa shape index (κ2) is 10.2. The maximum Gasteiger partial charge on any atom is 0.170 e. The number of nitrogens with one attached hydrogen (secondary N) is 3. The molecule has 1 saturated heterocycles. The molecule has 0 bridgehead atoms. The number of hydrogen-bond acceptors (Lipinski definition) is 4. The minimum atomic E-state index is 0.0249. The molecule has 0 spiro atoms. The van der Waals surface area contributed by atoms with Crippen LogP contribution in [-0.4, -0.2) is 29.9 Å². The van der Waals surface area contributed by atoms with E-state index in [-0.39, 0.29) is 5.41 Å². The third kappa shape index (κ3) is 5.19. The molecule has 3 aromatic carbocycles. The Balaban J connectivity index is 1.19. The minimum Gasteiger partial charge on any atom is -0.381 e. The van der Waals surface area contributed by atoms with Gasteiger partial charge in [0.1, 0.15) is 5.82 Å². The molecule has 5 rings (SSSR count). The molecule has 2 heterocycles. The van der Waals surface area contributed by atoms with Gasteiger partial charge in [0.15, 0.2) is 5.11 Å². The summed E-state index contributed by atoms with van der Waals surface area (Å²) < 4.78 is 5.63. The molecule has 1 aromatic heterocycles. The Morgan fingerprint density at radius 2 is 1.59 bits per heavy atom. The fourth-order valence-corrected chi connectivity index (χ4v) is 4.69.